The lowest BCUT2D eigenvalue weighted by atomic mass is 10.1. The van der Waals surface area contributed by atoms with Gasteiger partial charge in [0.25, 0.3) is 0 Å². The number of benzene rings is 1. The summed E-state index contributed by atoms with van der Waals surface area (Å²) in [4.78, 5) is 11.9. The molecule has 0 atom stereocenters. The predicted octanol–water partition coefficient (Wildman–Crippen LogP) is 3.05. The average molecular weight is 433 g/mol. The molecule has 3 aliphatic rings. The third kappa shape index (κ3) is 4.13. The summed E-state index contributed by atoms with van der Waals surface area (Å²) >= 11 is 0. The highest BCUT2D eigenvalue weighted by Gasteiger charge is 2.26. The average Bonchev–Trinajstić information content (AvgIpc) is 3.59. The normalized spacial score (nSPS) is 18.3. The van der Waals surface area contributed by atoms with Crippen LogP contribution in [0.15, 0.2) is 30.3 Å². The van der Waals surface area contributed by atoms with Crippen molar-refractivity contribution in [3.05, 3.63) is 47.3 Å². The van der Waals surface area contributed by atoms with E-state index in [1.807, 2.05) is 0 Å². The number of aromatic amines is 1. The van der Waals surface area contributed by atoms with Crippen molar-refractivity contribution in [2.75, 3.05) is 48.4 Å². The van der Waals surface area contributed by atoms with E-state index in [2.05, 4.69) is 61.4 Å². The molecule has 3 aromatic rings. The molecule has 2 fully saturated rings. The number of H-pyrrole nitrogens is 1. The molecule has 9 nitrogen and oxygen atoms in total. The molecular weight excluding hydrogens is 404 g/mol. The lowest BCUT2D eigenvalue weighted by molar-refractivity contribution is 0.122. The summed E-state index contributed by atoms with van der Waals surface area (Å²) < 4.78 is 5.45. The quantitative estimate of drug-likeness (QED) is 0.471. The van der Waals surface area contributed by atoms with Gasteiger partial charge in [-0.15, -0.1) is 0 Å². The molecule has 0 spiro atoms. The molecule has 6 rings (SSSR count). The van der Waals surface area contributed by atoms with E-state index in [0.29, 0.717) is 11.9 Å². The molecule has 4 heterocycles. The van der Waals surface area contributed by atoms with E-state index in [9.17, 15) is 0 Å². The summed E-state index contributed by atoms with van der Waals surface area (Å²) in [5.41, 5.74) is 5.57. The van der Waals surface area contributed by atoms with Crippen molar-refractivity contribution in [3.63, 3.8) is 0 Å². The highest BCUT2D eigenvalue weighted by atomic mass is 16.5. The zero-order chi connectivity index (χ0) is 21.3. The summed E-state index contributed by atoms with van der Waals surface area (Å²) in [6.45, 7) is 5.09. The highest BCUT2D eigenvalue weighted by molar-refractivity contribution is 5.64. The van der Waals surface area contributed by atoms with Crippen LogP contribution < -0.4 is 20.9 Å². The Morgan fingerprint density at radius 1 is 1.03 bits per heavy atom. The molecule has 9 heteroatoms. The fraction of sp³-hybridized carbons (Fsp3) is 0.435. The molecule has 0 unspecified atom stereocenters. The lowest BCUT2D eigenvalue weighted by Crippen LogP contribution is -2.36. The van der Waals surface area contributed by atoms with Gasteiger partial charge in [-0.25, -0.2) is 4.98 Å². The number of morpholine rings is 1. The van der Waals surface area contributed by atoms with Crippen LogP contribution >= 0.6 is 0 Å². The van der Waals surface area contributed by atoms with E-state index >= 15 is 0 Å². The maximum atomic E-state index is 5.45. The van der Waals surface area contributed by atoms with Gasteiger partial charge >= 0.3 is 0 Å². The van der Waals surface area contributed by atoms with Crippen molar-refractivity contribution in [1.29, 1.82) is 0 Å². The van der Waals surface area contributed by atoms with Gasteiger partial charge in [-0.2, -0.15) is 10.1 Å². The molecule has 2 aliphatic heterocycles. The van der Waals surface area contributed by atoms with Crippen LogP contribution in [-0.4, -0.2) is 53.0 Å². The van der Waals surface area contributed by atoms with E-state index in [-0.39, 0.29) is 0 Å². The lowest BCUT2D eigenvalue weighted by Gasteiger charge is -2.28. The molecule has 0 radical (unpaired) electrons. The molecular formula is C23H28N8O. The Balaban J connectivity index is 1.23. The van der Waals surface area contributed by atoms with Gasteiger partial charge in [0.05, 0.1) is 18.9 Å². The van der Waals surface area contributed by atoms with Crippen LogP contribution in [0.4, 0.5) is 29.0 Å². The molecule has 1 aromatic carbocycles. The van der Waals surface area contributed by atoms with Crippen LogP contribution in [0.5, 0.6) is 0 Å². The number of rotatable bonds is 6. The van der Waals surface area contributed by atoms with Gasteiger partial charge in [0.2, 0.25) is 5.95 Å². The van der Waals surface area contributed by atoms with Crippen molar-refractivity contribution >= 4 is 29.0 Å². The van der Waals surface area contributed by atoms with E-state index in [1.54, 1.807) is 0 Å². The Morgan fingerprint density at radius 3 is 2.69 bits per heavy atom. The molecule has 32 heavy (non-hydrogen) atoms. The Hall–Kier alpha value is -3.17. The van der Waals surface area contributed by atoms with Crippen LogP contribution in [0, 0.1) is 0 Å². The van der Waals surface area contributed by atoms with Gasteiger partial charge in [0, 0.05) is 54.3 Å². The van der Waals surface area contributed by atoms with Gasteiger partial charge < -0.3 is 25.6 Å². The second-order valence-electron chi connectivity index (χ2n) is 8.63. The molecule has 2 aromatic heterocycles. The Morgan fingerprint density at radius 2 is 1.88 bits per heavy atom. The molecule has 0 amide bonds. The zero-order valence-corrected chi connectivity index (χ0v) is 18.0. The SMILES string of the molecule is c1cc(N2CCOCC2)ccc1Nc1nc2c(c(Nc3cc(C4CC4)[nH]n3)n1)CCNC2. The molecule has 1 aliphatic carbocycles. The number of aromatic nitrogens is 4. The summed E-state index contributed by atoms with van der Waals surface area (Å²) in [7, 11) is 0. The summed E-state index contributed by atoms with van der Waals surface area (Å²) in [6.07, 6.45) is 3.38. The smallest absolute Gasteiger partial charge is 0.229 e. The number of fused-ring (bicyclic) bond motifs is 1. The monoisotopic (exact) mass is 432 g/mol. The Labute approximate surface area is 187 Å². The Bertz CT molecular complexity index is 1090. The summed E-state index contributed by atoms with van der Waals surface area (Å²) in [6, 6.07) is 10.5. The van der Waals surface area contributed by atoms with Crippen LogP contribution in [0.3, 0.4) is 0 Å². The third-order valence-corrected chi connectivity index (χ3v) is 6.30. The molecule has 4 N–H and O–H groups in total. The maximum Gasteiger partial charge on any atom is 0.229 e. The third-order valence-electron chi connectivity index (χ3n) is 6.30. The topological polar surface area (TPSA) is 103 Å². The largest absolute Gasteiger partial charge is 0.378 e. The van der Waals surface area contributed by atoms with Gasteiger partial charge in [-0.3, -0.25) is 5.10 Å². The van der Waals surface area contributed by atoms with Crippen molar-refractivity contribution in [2.24, 2.45) is 0 Å². The first kappa shape index (κ1) is 19.5. The number of ether oxygens (including phenoxy) is 1. The predicted molar refractivity (Wildman–Crippen MR) is 124 cm³/mol. The van der Waals surface area contributed by atoms with Gasteiger partial charge in [-0.05, 0) is 50.1 Å². The fourth-order valence-electron chi connectivity index (χ4n) is 4.35. The molecule has 0 bridgehead atoms. The standard InChI is InChI=1S/C23H28N8O/c1-2-15(1)19-13-21(30-29-19)27-22-18-7-8-24-14-20(18)26-23(28-22)25-16-3-5-17(6-4-16)31-9-11-32-12-10-31/h3-6,13,15,24H,1-2,7-12,14H2,(H3,25,26,27,28,29,30). The van der Waals surface area contributed by atoms with Gasteiger partial charge in [0.15, 0.2) is 5.82 Å². The molecule has 1 saturated heterocycles. The zero-order valence-electron chi connectivity index (χ0n) is 18.0. The second kappa shape index (κ2) is 8.40. The number of nitrogens with zero attached hydrogens (tertiary/aromatic N) is 4. The minimum Gasteiger partial charge on any atom is -0.378 e. The van der Waals surface area contributed by atoms with Crippen molar-refractivity contribution in [3.8, 4) is 0 Å². The second-order valence-corrected chi connectivity index (χ2v) is 8.63. The van der Waals surface area contributed by atoms with E-state index < -0.39 is 0 Å². The summed E-state index contributed by atoms with van der Waals surface area (Å²) in [5.74, 6) is 2.87. The fourth-order valence-corrected chi connectivity index (χ4v) is 4.35. The highest BCUT2D eigenvalue weighted by Crippen LogP contribution is 2.39. The number of hydrogen-bond acceptors (Lipinski definition) is 8. The first-order valence-corrected chi connectivity index (χ1v) is 11.4. The van der Waals surface area contributed by atoms with Gasteiger partial charge in [-0.1, -0.05) is 0 Å². The van der Waals surface area contributed by atoms with E-state index in [1.165, 1.54) is 24.2 Å². The first-order valence-electron chi connectivity index (χ1n) is 11.4. The molecule has 166 valence electrons. The Kier molecular flexibility index (Phi) is 5.12. The van der Waals surface area contributed by atoms with Gasteiger partial charge in [0.1, 0.15) is 5.82 Å². The summed E-state index contributed by atoms with van der Waals surface area (Å²) in [5, 5.41) is 17.8. The maximum absolute atomic E-state index is 5.45. The minimum absolute atomic E-state index is 0.590. The molecule has 1 saturated carbocycles. The van der Waals surface area contributed by atoms with Crippen LogP contribution in [0.1, 0.15) is 35.7 Å². The van der Waals surface area contributed by atoms with Crippen molar-refractivity contribution in [2.45, 2.75) is 31.7 Å². The van der Waals surface area contributed by atoms with Crippen molar-refractivity contribution < 1.29 is 4.74 Å². The van der Waals surface area contributed by atoms with E-state index in [4.69, 9.17) is 14.7 Å². The van der Waals surface area contributed by atoms with E-state index in [0.717, 1.165) is 74.4 Å². The number of hydrogen-bond donors (Lipinski definition) is 4. The minimum atomic E-state index is 0.590. The van der Waals surface area contributed by atoms with Crippen LogP contribution in [0.2, 0.25) is 0 Å². The van der Waals surface area contributed by atoms with Crippen LogP contribution in [0.25, 0.3) is 0 Å². The van der Waals surface area contributed by atoms with Crippen molar-refractivity contribution in [1.82, 2.24) is 25.5 Å². The van der Waals surface area contributed by atoms with Crippen LogP contribution in [-0.2, 0) is 17.7 Å². The first-order chi connectivity index (χ1) is 15.8. The number of anilines is 5. The number of nitrogens with one attached hydrogen (secondary N) is 4.